The van der Waals surface area contributed by atoms with Crippen molar-refractivity contribution >= 4 is 23.4 Å². The number of carbonyl (C=O) groups excluding carboxylic acids is 1. The molecule has 28 heavy (non-hydrogen) atoms. The number of fused-ring (bicyclic) bond motifs is 1. The van der Waals surface area contributed by atoms with Gasteiger partial charge >= 0.3 is 5.97 Å². The van der Waals surface area contributed by atoms with Crippen molar-refractivity contribution in [2.24, 2.45) is 11.3 Å². The normalized spacial score (nSPS) is 22.2. The molecule has 152 valence electrons. The molecule has 0 amide bonds. The number of Topliss-reactive ketones (excluding diaryl/α,β-unsaturated/α-hetero) is 1. The molecule has 3 rings (SSSR count). The maximum atomic E-state index is 13.7. The number of ketones is 1. The highest BCUT2D eigenvalue weighted by molar-refractivity contribution is 6.33. The van der Waals surface area contributed by atoms with Crippen LogP contribution in [0.5, 0.6) is 5.75 Å². The van der Waals surface area contributed by atoms with Crippen LogP contribution in [0.1, 0.15) is 73.4 Å². The van der Waals surface area contributed by atoms with Gasteiger partial charge in [0.1, 0.15) is 12.4 Å². The van der Waals surface area contributed by atoms with Crippen LogP contribution in [0.3, 0.4) is 0 Å². The number of hydrogen-bond donors (Lipinski definition) is 1. The number of hydrogen-bond acceptors (Lipinski definition) is 3. The molecule has 0 heterocycles. The monoisotopic (exact) mass is 404 g/mol. The van der Waals surface area contributed by atoms with E-state index in [1.54, 1.807) is 0 Å². The molecular weight excluding hydrogens is 376 g/mol. The number of halogens is 1. The van der Waals surface area contributed by atoms with E-state index in [0.29, 0.717) is 16.7 Å². The molecule has 1 atom stereocenters. The van der Waals surface area contributed by atoms with Gasteiger partial charge in [-0.05, 0) is 61.8 Å². The van der Waals surface area contributed by atoms with Crippen molar-refractivity contribution in [3.63, 3.8) is 0 Å². The third kappa shape index (κ3) is 3.84. The fraction of sp³-hybridized carbons (Fsp3) is 0.565. The van der Waals surface area contributed by atoms with E-state index in [9.17, 15) is 9.59 Å². The fourth-order valence-electron chi connectivity index (χ4n) is 5.05. The lowest BCUT2D eigenvalue weighted by molar-refractivity contribution is -0.131. The summed E-state index contributed by atoms with van der Waals surface area (Å²) in [6.07, 6.45) is 11.1. The molecule has 1 fully saturated rings. The van der Waals surface area contributed by atoms with E-state index < -0.39 is 5.97 Å². The molecule has 0 aromatic heterocycles. The number of carboxylic acid groups (broad SMARTS) is 1. The van der Waals surface area contributed by atoms with Gasteiger partial charge in [-0.2, -0.15) is 0 Å². The first-order chi connectivity index (χ1) is 13.4. The summed E-state index contributed by atoms with van der Waals surface area (Å²) in [6.45, 7) is 4.19. The van der Waals surface area contributed by atoms with Gasteiger partial charge in [-0.1, -0.05) is 44.2 Å². The molecule has 1 aromatic rings. The molecule has 1 aromatic carbocycles. The van der Waals surface area contributed by atoms with Crippen molar-refractivity contribution in [2.45, 2.75) is 65.2 Å². The van der Waals surface area contributed by atoms with E-state index in [2.05, 4.69) is 6.92 Å². The Morgan fingerprint density at radius 3 is 2.75 bits per heavy atom. The maximum absolute atomic E-state index is 13.7. The molecule has 2 aliphatic rings. The van der Waals surface area contributed by atoms with E-state index in [1.807, 2.05) is 13.0 Å². The number of benzene rings is 1. The van der Waals surface area contributed by atoms with Crippen LogP contribution in [0.4, 0.5) is 0 Å². The SMILES string of the molecule is CCCCC1(C2CCCC2)Cc2cc(OC/C=C/C(=O)O)c(Cl)c(C)c2C1=O. The summed E-state index contributed by atoms with van der Waals surface area (Å²) in [5.74, 6) is 0.251. The first kappa shape index (κ1) is 20.9. The molecule has 0 aliphatic heterocycles. The average molecular weight is 405 g/mol. The van der Waals surface area contributed by atoms with Crippen molar-refractivity contribution in [2.75, 3.05) is 6.61 Å². The van der Waals surface area contributed by atoms with Gasteiger partial charge in [0.15, 0.2) is 5.78 Å². The van der Waals surface area contributed by atoms with Gasteiger partial charge in [-0.15, -0.1) is 0 Å². The Bertz CT molecular complexity index is 792. The van der Waals surface area contributed by atoms with Gasteiger partial charge in [0.25, 0.3) is 0 Å². The third-order valence-electron chi connectivity index (χ3n) is 6.44. The molecule has 1 N–H and O–H groups in total. The van der Waals surface area contributed by atoms with Gasteiger partial charge in [0, 0.05) is 17.1 Å². The topological polar surface area (TPSA) is 63.6 Å². The Balaban J connectivity index is 1.92. The maximum Gasteiger partial charge on any atom is 0.328 e. The fourth-order valence-corrected chi connectivity index (χ4v) is 5.26. The van der Waals surface area contributed by atoms with Gasteiger partial charge in [0.2, 0.25) is 0 Å². The Morgan fingerprint density at radius 1 is 1.39 bits per heavy atom. The Hall–Kier alpha value is -1.81. The minimum Gasteiger partial charge on any atom is -0.488 e. The smallest absolute Gasteiger partial charge is 0.328 e. The number of aliphatic carboxylic acids is 1. The zero-order valence-corrected chi connectivity index (χ0v) is 17.5. The van der Waals surface area contributed by atoms with E-state index >= 15 is 0 Å². The van der Waals surface area contributed by atoms with Gasteiger partial charge in [-0.3, -0.25) is 4.79 Å². The van der Waals surface area contributed by atoms with Crippen LogP contribution in [0.2, 0.25) is 5.02 Å². The van der Waals surface area contributed by atoms with Crippen molar-refractivity contribution in [3.8, 4) is 5.75 Å². The summed E-state index contributed by atoms with van der Waals surface area (Å²) in [7, 11) is 0. The molecule has 2 aliphatic carbocycles. The zero-order chi connectivity index (χ0) is 20.3. The molecule has 0 spiro atoms. The summed E-state index contributed by atoms with van der Waals surface area (Å²) in [4.78, 5) is 24.3. The van der Waals surface area contributed by atoms with E-state index in [0.717, 1.165) is 61.3 Å². The minimum atomic E-state index is -1.01. The van der Waals surface area contributed by atoms with Gasteiger partial charge in [-0.25, -0.2) is 4.79 Å². The van der Waals surface area contributed by atoms with Gasteiger partial charge < -0.3 is 9.84 Å². The minimum absolute atomic E-state index is 0.127. The molecule has 1 unspecified atom stereocenters. The highest BCUT2D eigenvalue weighted by Gasteiger charge is 2.51. The predicted molar refractivity (Wildman–Crippen MR) is 110 cm³/mol. The van der Waals surface area contributed by atoms with Crippen LogP contribution in [0.15, 0.2) is 18.2 Å². The number of carbonyl (C=O) groups is 2. The quantitative estimate of drug-likeness (QED) is 0.558. The number of unbranched alkanes of at least 4 members (excludes halogenated alkanes) is 1. The molecule has 4 nitrogen and oxygen atoms in total. The van der Waals surface area contributed by atoms with Crippen LogP contribution in [-0.4, -0.2) is 23.5 Å². The van der Waals surface area contributed by atoms with Crippen molar-refractivity contribution < 1.29 is 19.4 Å². The van der Waals surface area contributed by atoms with Crippen LogP contribution in [-0.2, 0) is 11.2 Å². The van der Waals surface area contributed by atoms with Crippen molar-refractivity contribution in [3.05, 3.63) is 39.9 Å². The Labute approximate surface area is 171 Å². The van der Waals surface area contributed by atoms with Crippen LogP contribution >= 0.6 is 11.6 Å². The second kappa shape index (κ2) is 8.69. The molecule has 1 saturated carbocycles. The lowest BCUT2D eigenvalue weighted by Gasteiger charge is -2.34. The molecule has 0 bridgehead atoms. The molecule has 0 radical (unpaired) electrons. The summed E-state index contributed by atoms with van der Waals surface area (Å²) in [5, 5.41) is 9.14. The van der Waals surface area contributed by atoms with E-state index in [4.69, 9.17) is 21.4 Å². The summed E-state index contributed by atoms with van der Waals surface area (Å²) < 4.78 is 5.71. The second-order valence-corrected chi connectivity index (χ2v) is 8.52. The van der Waals surface area contributed by atoms with Gasteiger partial charge in [0.05, 0.1) is 5.02 Å². The largest absolute Gasteiger partial charge is 0.488 e. The van der Waals surface area contributed by atoms with Crippen LogP contribution < -0.4 is 4.74 Å². The second-order valence-electron chi connectivity index (χ2n) is 8.15. The van der Waals surface area contributed by atoms with E-state index in [1.165, 1.54) is 18.9 Å². The summed E-state index contributed by atoms with van der Waals surface area (Å²) in [5.41, 5.74) is 2.33. The standard InChI is InChI=1S/C23H29ClO4/c1-3-4-11-23(17-8-5-6-9-17)14-16-13-18(28-12-7-10-19(25)26)21(24)15(2)20(16)22(23)27/h7,10,13,17H,3-6,8-9,11-12,14H2,1-2H3,(H,25,26)/b10-7+. The van der Waals surface area contributed by atoms with Crippen molar-refractivity contribution in [1.82, 2.24) is 0 Å². The Morgan fingerprint density at radius 2 is 2.11 bits per heavy atom. The van der Waals surface area contributed by atoms with Crippen LogP contribution in [0, 0.1) is 18.3 Å². The lowest BCUT2D eigenvalue weighted by atomic mass is 9.68. The number of carboxylic acids is 1. The third-order valence-corrected chi connectivity index (χ3v) is 6.91. The average Bonchev–Trinajstić information content (AvgIpc) is 3.28. The van der Waals surface area contributed by atoms with Crippen molar-refractivity contribution in [1.29, 1.82) is 0 Å². The Kier molecular flexibility index (Phi) is 6.49. The molecular formula is C23H29ClO4. The molecule has 0 saturated heterocycles. The van der Waals surface area contributed by atoms with Crippen LogP contribution in [0.25, 0.3) is 0 Å². The highest BCUT2D eigenvalue weighted by Crippen LogP contribution is 2.53. The lowest BCUT2D eigenvalue weighted by Crippen LogP contribution is -2.35. The molecule has 5 heteroatoms. The summed E-state index contributed by atoms with van der Waals surface area (Å²) in [6, 6.07) is 1.90. The first-order valence-electron chi connectivity index (χ1n) is 10.3. The first-order valence-corrected chi connectivity index (χ1v) is 10.7. The predicted octanol–water partition coefficient (Wildman–Crippen LogP) is 5.77. The zero-order valence-electron chi connectivity index (χ0n) is 16.7. The number of ether oxygens (including phenoxy) is 1. The van der Waals surface area contributed by atoms with E-state index in [-0.39, 0.29) is 17.8 Å². The highest BCUT2D eigenvalue weighted by atomic mass is 35.5. The number of rotatable bonds is 8. The summed E-state index contributed by atoms with van der Waals surface area (Å²) >= 11 is 6.52.